The normalized spacial score (nSPS) is 21.0. The first kappa shape index (κ1) is 16.0. The van der Waals surface area contributed by atoms with Gasteiger partial charge in [-0.15, -0.1) is 0 Å². The van der Waals surface area contributed by atoms with E-state index in [4.69, 9.17) is 0 Å². The van der Waals surface area contributed by atoms with Gasteiger partial charge in [0.05, 0.1) is 0 Å². The van der Waals surface area contributed by atoms with Crippen molar-refractivity contribution in [2.24, 2.45) is 0 Å². The molecule has 0 aliphatic carbocycles. The third-order valence-corrected chi connectivity index (χ3v) is 4.04. The van der Waals surface area contributed by atoms with Crippen molar-refractivity contribution in [2.45, 2.75) is 26.3 Å². The molecule has 1 aromatic carbocycles. The highest BCUT2D eigenvalue weighted by Gasteiger charge is 2.49. The highest BCUT2D eigenvalue weighted by atomic mass is 16.2. The van der Waals surface area contributed by atoms with Gasteiger partial charge in [-0.25, -0.2) is 4.79 Å². The van der Waals surface area contributed by atoms with E-state index < -0.39 is 17.5 Å². The maximum atomic E-state index is 12.6. The molecule has 1 heterocycles. The first-order chi connectivity index (χ1) is 10.4. The van der Waals surface area contributed by atoms with Gasteiger partial charge in [0.2, 0.25) is 5.91 Å². The minimum absolute atomic E-state index is 0.227. The van der Waals surface area contributed by atoms with Crippen LogP contribution in [0.1, 0.15) is 26.3 Å². The van der Waals surface area contributed by atoms with Gasteiger partial charge in [-0.1, -0.05) is 30.3 Å². The van der Waals surface area contributed by atoms with Crippen molar-refractivity contribution in [1.29, 1.82) is 0 Å². The fourth-order valence-corrected chi connectivity index (χ4v) is 2.62. The van der Waals surface area contributed by atoms with Gasteiger partial charge in [0.25, 0.3) is 5.91 Å². The number of nitrogens with one attached hydrogen (secondary N) is 1. The van der Waals surface area contributed by atoms with Crippen molar-refractivity contribution >= 4 is 17.8 Å². The predicted molar refractivity (Wildman–Crippen MR) is 82.0 cm³/mol. The lowest BCUT2D eigenvalue weighted by Crippen LogP contribution is -2.44. The number of carbonyl (C=O) groups is 3. The fourth-order valence-electron chi connectivity index (χ4n) is 2.62. The zero-order chi connectivity index (χ0) is 16.3. The van der Waals surface area contributed by atoms with Crippen LogP contribution in [0.2, 0.25) is 0 Å². The summed E-state index contributed by atoms with van der Waals surface area (Å²) in [6.45, 7) is 6.26. The number of amides is 4. The summed E-state index contributed by atoms with van der Waals surface area (Å²) in [7, 11) is 0. The van der Waals surface area contributed by atoms with E-state index in [0.717, 1.165) is 4.90 Å². The molecule has 0 radical (unpaired) electrons. The molecule has 22 heavy (non-hydrogen) atoms. The molecular formula is C16H21N3O3. The lowest BCUT2D eigenvalue weighted by molar-refractivity contribution is -0.138. The van der Waals surface area contributed by atoms with Crippen LogP contribution >= 0.6 is 0 Å². The van der Waals surface area contributed by atoms with E-state index in [2.05, 4.69) is 5.32 Å². The second-order valence-corrected chi connectivity index (χ2v) is 5.38. The van der Waals surface area contributed by atoms with Gasteiger partial charge in [0, 0.05) is 13.1 Å². The topological polar surface area (TPSA) is 69.7 Å². The minimum Gasteiger partial charge on any atom is -0.342 e. The number of nitrogens with zero attached hydrogens (tertiary/aromatic N) is 2. The molecule has 1 aliphatic rings. The van der Waals surface area contributed by atoms with E-state index in [1.54, 1.807) is 24.0 Å². The van der Waals surface area contributed by atoms with Crippen LogP contribution in [0.4, 0.5) is 4.79 Å². The molecule has 1 N–H and O–H groups in total. The molecular weight excluding hydrogens is 282 g/mol. The van der Waals surface area contributed by atoms with Crippen LogP contribution in [-0.4, -0.2) is 47.3 Å². The Morgan fingerprint density at radius 1 is 1.18 bits per heavy atom. The number of hydrogen-bond donors (Lipinski definition) is 1. The van der Waals surface area contributed by atoms with Crippen LogP contribution in [0.5, 0.6) is 0 Å². The smallest absolute Gasteiger partial charge is 0.325 e. The molecule has 1 aromatic rings. The Morgan fingerprint density at radius 3 is 2.32 bits per heavy atom. The monoisotopic (exact) mass is 303 g/mol. The van der Waals surface area contributed by atoms with Crippen molar-refractivity contribution in [3.8, 4) is 0 Å². The van der Waals surface area contributed by atoms with Gasteiger partial charge in [-0.3, -0.25) is 14.5 Å². The molecule has 4 amide bonds. The average molecular weight is 303 g/mol. The summed E-state index contributed by atoms with van der Waals surface area (Å²) in [5.41, 5.74) is -0.423. The summed E-state index contributed by atoms with van der Waals surface area (Å²) in [5, 5.41) is 2.69. The largest absolute Gasteiger partial charge is 0.342 e. The second-order valence-electron chi connectivity index (χ2n) is 5.38. The summed E-state index contributed by atoms with van der Waals surface area (Å²) in [5.74, 6) is -0.630. The average Bonchev–Trinajstić information content (AvgIpc) is 2.74. The zero-order valence-corrected chi connectivity index (χ0v) is 13.1. The Hall–Kier alpha value is -2.37. The molecule has 1 aliphatic heterocycles. The van der Waals surface area contributed by atoms with Crippen LogP contribution in [0.25, 0.3) is 0 Å². The number of rotatable bonds is 5. The number of benzene rings is 1. The molecule has 1 atom stereocenters. The molecule has 6 nitrogen and oxygen atoms in total. The van der Waals surface area contributed by atoms with E-state index in [9.17, 15) is 14.4 Å². The summed E-state index contributed by atoms with van der Waals surface area (Å²) in [6, 6.07) is 8.50. The Kier molecular flexibility index (Phi) is 4.49. The first-order valence-corrected chi connectivity index (χ1v) is 7.41. The van der Waals surface area contributed by atoms with Gasteiger partial charge >= 0.3 is 6.03 Å². The van der Waals surface area contributed by atoms with E-state index in [1.807, 2.05) is 32.0 Å². The summed E-state index contributed by atoms with van der Waals surface area (Å²) < 4.78 is 0. The van der Waals surface area contributed by atoms with Crippen LogP contribution in [0.3, 0.4) is 0 Å². The predicted octanol–water partition coefficient (Wildman–Crippen LogP) is 1.32. The lowest BCUT2D eigenvalue weighted by atomic mass is 9.92. The van der Waals surface area contributed by atoms with Crippen LogP contribution < -0.4 is 5.32 Å². The van der Waals surface area contributed by atoms with Gasteiger partial charge in [0.1, 0.15) is 12.1 Å². The van der Waals surface area contributed by atoms with Crippen molar-refractivity contribution < 1.29 is 14.4 Å². The zero-order valence-electron chi connectivity index (χ0n) is 13.1. The summed E-state index contributed by atoms with van der Waals surface area (Å²) in [4.78, 5) is 39.5. The Morgan fingerprint density at radius 2 is 1.77 bits per heavy atom. The lowest BCUT2D eigenvalue weighted by Gasteiger charge is -2.23. The molecule has 0 unspecified atom stereocenters. The fraction of sp³-hybridized carbons (Fsp3) is 0.438. The van der Waals surface area contributed by atoms with Gasteiger partial charge in [-0.2, -0.15) is 0 Å². The van der Waals surface area contributed by atoms with Crippen LogP contribution in [-0.2, 0) is 15.1 Å². The molecule has 6 heteroatoms. The quantitative estimate of drug-likeness (QED) is 0.834. The van der Waals surface area contributed by atoms with Gasteiger partial charge < -0.3 is 10.2 Å². The number of urea groups is 1. The molecule has 1 fully saturated rings. The highest BCUT2D eigenvalue weighted by Crippen LogP contribution is 2.28. The minimum atomic E-state index is -1.12. The van der Waals surface area contributed by atoms with Crippen molar-refractivity contribution in [3.05, 3.63) is 35.9 Å². The number of hydrogen-bond acceptors (Lipinski definition) is 3. The number of imide groups is 1. The third-order valence-electron chi connectivity index (χ3n) is 4.04. The Bertz CT molecular complexity index is 584. The van der Waals surface area contributed by atoms with E-state index in [1.165, 1.54) is 0 Å². The van der Waals surface area contributed by atoms with Crippen molar-refractivity contribution in [1.82, 2.24) is 15.1 Å². The summed E-state index contributed by atoms with van der Waals surface area (Å²) in [6.07, 6.45) is 0. The van der Waals surface area contributed by atoms with E-state index in [-0.39, 0.29) is 12.5 Å². The van der Waals surface area contributed by atoms with Crippen molar-refractivity contribution in [3.63, 3.8) is 0 Å². The van der Waals surface area contributed by atoms with E-state index in [0.29, 0.717) is 18.7 Å². The summed E-state index contributed by atoms with van der Waals surface area (Å²) >= 11 is 0. The Balaban J connectivity index is 2.21. The van der Waals surface area contributed by atoms with Crippen LogP contribution in [0, 0.1) is 0 Å². The standard InChI is InChI=1S/C16H21N3O3/c1-4-18(5-2)13(20)11-19-14(21)16(3,17-15(19)22)12-9-7-6-8-10-12/h6-10H,4-5,11H2,1-3H3,(H,17,22)/t16-/m1/s1. The number of carbonyl (C=O) groups excluding carboxylic acids is 3. The molecule has 0 spiro atoms. The van der Waals surface area contributed by atoms with Crippen LogP contribution in [0.15, 0.2) is 30.3 Å². The molecule has 0 bridgehead atoms. The molecule has 118 valence electrons. The maximum Gasteiger partial charge on any atom is 0.325 e. The maximum absolute atomic E-state index is 12.6. The first-order valence-electron chi connectivity index (χ1n) is 7.41. The molecule has 1 saturated heterocycles. The van der Waals surface area contributed by atoms with Crippen molar-refractivity contribution in [2.75, 3.05) is 19.6 Å². The molecule has 0 aromatic heterocycles. The molecule has 2 rings (SSSR count). The number of likely N-dealkylation sites (N-methyl/N-ethyl adjacent to an activating group) is 1. The third kappa shape index (κ3) is 2.68. The van der Waals surface area contributed by atoms with Gasteiger partial charge in [-0.05, 0) is 26.3 Å². The second kappa shape index (κ2) is 6.17. The highest BCUT2D eigenvalue weighted by molar-refractivity contribution is 6.09. The molecule has 0 saturated carbocycles. The SMILES string of the molecule is CCN(CC)C(=O)CN1C(=O)N[C@](C)(c2ccccc2)C1=O. The Labute approximate surface area is 130 Å². The van der Waals surface area contributed by atoms with Gasteiger partial charge in [0.15, 0.2) is 0 Å². The van der Waals surface area contributed by atoms with E-state index >= 15 is 0 Å².